The van der Waals surface area contributed by atoms with Crippen molar-refractivity contribution in [2.24, 2.45) is 0 Å². The molecule has 0 heterocycles. The molecular weight excluding hydrogens is 204 g/mol. The molecule has 0 bridgehead atoms. The molecular formula is C17H14. The fourth-order valence-corrected chi connectivity index (χ4v) is 1.24. The summed E-state index contributed by atoms with van der Waals surface area (Å²) in [4.78, 5) is 0. The van der Waals surface area contributed by atoms with Crippen LogP contribution in [0.4, 0.5) is 0 Å². The van der Waals surface area contributed by atoms with Gasteiger partial charge in [0.1, 0.15) is 0 Å². The first-order chi connectivity index (χ1) is 8.24. The second-order valence-corrected chi connectivity index (χ2v) is 3.79. The van der Waals surface area contributed by atoms with Crippen LogP contribution in [0.2, 0.25) is 0 Å². The average molecular weight is 218 g/mol. The van der Waals surface area contributed by atoms with Gasteiger partial charge in [-0.2, -0.15) is 0 Å². The molecule has 0 radical (unpaired) electrons. The molecule has 0 unspecified atom stereocenters. The average Bonchev–Trinajstić information content (AvgIpc) is 2.34. The van der Waals surface area contributed by atoms with E-state index in [-0.39, 0.29) is 0 Å². The maximum absolute atomic E-state index is 3.35. The van der Waals surface area contributed by atoms with Crippen molar-refractivity contribution in [1.82, 2.24) is 0 Å². The van der Waals surface area contributed by atoms with Crippen LogP contribution in [0.15, 0.2) is 65.2 Å². The van der Waals surface area contributed by atoms with Gasteiger partial charge < -0.3 is 0 Å². The van der Waals surface area contributed by atoms with Gasteiger partial charge in [-0.15, -0.1) is 0 Å². The van der Waals surface area contributed by atoms with Crippen LogP contribution in [0.3, 0.4) is 0 Å². The SMILES string of the molecule is C=C=C=C=C=C=C=Cc1ccc(C(C)C)cc1. The highest BCUT2D eigenvalue weighted by Crippen LogP contribution is 2.14. The molecule has 0 atom stereocenters. The van der Waals surface area contributed by atoms with Crippen LogP contribution in [-0.4, -0.2) is 0 Å². The van der Waals surface area contributed by atoms with Crippen LogP contribution < -0.4 is 0 Å². The summed E-state index contributed by atoms with van der Waals surface area (Å²) in [5.74, 6) is 0.558. The van der Waals surface area contributed by atoms with E-state index in [0.29, 0.717) is 5.92 Å². The monoisotopic (exact) mass is 218 g/mol. The molecule has 1 rings (SSSR count). The van der Waals surface area contributed by atoms with E-state index in [0.717, 1.165) is 5.56 Å². The van der Waals surface area contributed by atoms with Gasteiger partial charge in [-0.25, -0.2) is 0 Å². The first-order valence-corrected chi connectivity index (χ1v) is 5.45. The smallest absolute Gasteiger partial charge is 0.000697 e. The van der Waals surface area contributed by atoms with E-state index in [9.17, 15) is 0 Å². The van der Waals surface area contributed by atoms with Crippen LogP contribution in [0.5, 0.6) is 0 Å². The lowest BCUT2D eigenvalue weighted by Crippen LogP contribution is -1.85. The third kappa shape index (κ3) is 4.79. The minimum atomic E-state index is 0.558. The molecule has 17 heavy (non-hydrogen) atoms. The van der Waals surface area contributed by atoms with Gasteiger partial charge in [0.15, 0.2) is 0 Å². The molecule has 1 aromatic carbocycles. The number of hydrogen-bond donors (Lipinski definition) is 0. The fraction of sp³-hybridized carbons (Fsp3) is 0.176. The predicted octanol–water partition coefficient (Wildman–Crippen LogP) is 4.38. The molecule has 0 aromatic heterocycles. The highest BCUT2D eigenvalue weighted by atomic mass is 14.0. The molecule has 0 aliphatic heterocycles. The zero-order valence-electron chi connectivity index (χ0n) is 10.2. The van der Waals surface area contributed by atoms with E-state index in [4.69, 9.17) is 0 Å². The van der Waals surface area contributed by atoms with Gasteiger partial charge in [-0.05, 0) is 52.6 Å². The first kappa shape index (κ1) is 12.7. The van der Waals surface area contributed by atoms with Crippen molar-refractivity contribution in [2.75, 3.05) is 0 Å². The van der Waals surface area contributed by atoms with Gasteiger partial charge >= 0.3 is 0 Å². The van der Waals surface area contributed by atoms with E-state index in [2.05, 4.69) is 79.1 Å². The number of benzene rings is 1. The first-order valence-electron chi connectivity index (χ1n) is 5.45. The Balaban J connectivity index is 2.98. The molecule has 0 amide bonds. The summed E-state index contributed by atoms with van der Waals surface area (Å²) in [5.41, 5.74) is 18.2. The third-order valence-corrected chi connectivity index (χ3v) is 2.19. The van der Waals surface area contributed by atoms with Crippen molar-refractivity contribution in [3.8, 4) is 0 Å². The summed E-state index contributed by atoms with van der Waals surface area (Å²) in [6, 6.07) is 8.37. The highest BCUT2D eigenvalue weighted by Gasteiger charge is 1.96. The standard InChI is InChI=1S/C17H14/c1-4-5-6-7-8-9-10-16-11-13-17(14-12-16)15(2)3/h10-15H,1H2,2-3H3. The van der Waals surface area contributed by atoms with Crippen LogP contribution in [0.25, 0.3) is 6.08 Å². The molecule has 0 nitrogen and oxygen atoms in total. The summed E-state index contributed by atoms with van der Waals surface area (Å²) in [7, 11) is 0. The molecule has 0 spiro atoms. The third-order valence-electron chi connectivity index (χ3n) is 2.19. The quantitative estimate of drug-likeness (QED) is 0.646. The second-order valence-electron chi connectivity index (χ2n) is 3.79. The predicted molar refractivity (Wildman–Crippen MR) is 71.7 cm³/mol. The lowest BCUT2D eigenvalue weighted by molar-refractivity contribution is 0.866. The Morgan fingerprint density at radius 2 is 1.65 bits per heavy atom. The summed E-state index contributed by atoms with van der Waals surface area (Å²) in [5, 5.41) is 0. The molecule has 0 saturated carbocycles. The van der Waals surface area contributed by atoms with Gasteiger partial charge in [0, 0.05) is 0 Å². The van der Waals surface area contributed by atoms with Crippen molar-refractivity contribution < 1.29 is 0 Å². The van der Waals surface area contributed by atoms with Gasteiger partial charge in [0.25, 0.3) is 0 Å². The Labute approximate surface area is 103 Å². The van der Waals surface area contributed by atoms with Gasteiger partial charge in [0.2, 0.25) is 0 Å². The van der Waals surface area contributed by atoms with Gasteiger partial charge in [-0.1, -0.05) is 49.6 Å². The van der Waals surface area contributed by atoms with Crippen molar-refractivity contribution in [2.45, 2.75) is 19.8 Å². The minimum absolute atomic E-state index is 0.558. The Hall–Kier alpha value is -2.36. The second kappa shape index (κ2) is 7.00. The van der Waals surface area contributed by atoms with E-state index in [1.54, 1.807) is 0 Å². The van der Waals surface area contributed by atoms with Crippen molar-refractivity contribution in [3.05, 3.63) is 76.4 Å². The maximum atomic E-state index is 3.35. The summed E-state index contributed by atoms with van der Waals surface area (Å²) < 4.78 is 0. The summed E-state index contributed by atoms with van der Waals surface area (Å²) >= 11 is 0. The largest absolute Gasteiger partial charge is 0.0687 e. The zero-order chi connectivity index (χ0) is 12.5. The molecule has 0 N–H and O–H groups in total. The molecule has 0 heteroatoms. The molecule has 0 aliphatic rings. The summed E-state index contributed by atoms with van der Waals surface area (Å²) in [6.07, 6.45) is 1.84. The number of rotatable bonds is 2. The van der Waals surface area contributed by atoms with Gasteiger partial charge in [0.05, 0.1) is 0 Å². The normalized spacial score (nSPS) is 7.94. The van der Waals surface area contributed by atoms with E-state index in [1.807, 2.05) is 6.08 Å². The van der Waals surface area contributed by atoms with Crippen molar-refractivity contribution >= 4 is 6.08 Å². The Morgan fingerprint density at radius 3 is 2.24 bits per heavy atom. The van der Waals surface area contributed by atoms with Crippen LogP contribution in [0.1, 0.15) is 30.9 Å². The highest BCUT2D eigenvalue weighted by molar-refractivity contribution is 5.49. The van der Waals surface area contributed by atoms with Crippen LogP contribution >= 0.6 is 0 Å². The summed E-state index contributed by atoms with van der Waals surface area (Å²) in [6.45, 7) is 7.71. The van der Waals surface area contributed by atoms with Gasteiger partial charge in [-0.3, -0.25) is 0 Å². The van der Waals surface area contributed by atoms with Crippen LogP contribution in [-0.2, 0) is 0 Å². The fourth-order valence-electron chi connectivity index (χ4n) is 1.24. The topological polar surface area (TPSA) is 0 Å². The Morgan fingerprint density at radius 1 is 1.00 bits per heavy atom. The van der Waals surface area contributed by atoms with Crippen molar-refractivity contribution in [1.29, 1.82) is 0 Å². The zero-order valence-corrected chi connectivity index (χ0v) is 10.2. The molecule has 82 valence electrons. The van der Waals surface area contributed by atoms with Crippen LogP contribution in [0, 0.1) is 0 Å². The lowest BCUT2D eigenvalue weighted by Gasteiger charge is -2.03. The number of hydrogen-bond acceptors (Lipinski definition) is 0. The minimum Gasteiger partial charge on any atom is -0.0687 e. The van der Waals surface area contributed by atoms with E-state index < -0.39 is 0 Å². The lowest BCUT2D eigenvalue weighted by atomic mass is 10.0. The molecule has 0 fully saturated rings. The Kier molecular flexibility index (Phi) is 5.24. The molecule has 1 aromatic rings. The molecule has 0 saturated heterocycles. The maximum Gasteiger partial charge on any atom is -0.000697 e. The van der Waals surface area contributed by atoms with E-state index in [1.165, 1.54) is 5.56 Å². The van der Waals surface area contributed by atoms with Crippen molar-refractivity contribution in [3.63, 3.8) is 0 Å². The van der Waals surface area contributed by atoms with E-state index >= 15 is 0 Å². The molecule has 0 aliphatic carbocycles. The Bertz CT molecular complexity index is 591.